The maximum Gasteiger partial charge on any atom is 0.407 e. The zero-order chi connectivity index (χ0) is 23.2. The normalized spacial score (nSPS) is 12.4. The molecule has 0 saturated heterocycles. The van der Waals surface area contributed by atoms with Gasteiger partial charge in [-0.05, 0) is 51.3 Å². The second kappa shape index (κ2) is 10.2. The molecule has 0 saturated carbocycles. The first-order valence-electron chi connectivity index (χ1n) is 10.1. The molecule has 0 radical (unpaired) electrons. The molecule has 0 aliphatic carbocycles. The lowest BCUT2D eigenvalue weighted by Crippen LogP contribution is -2.42. The predicted molar refractivity (Wildman–Crippen MR) is 115 cm³/mol. The number of nitrogens with one attached hydrogen (secondary N) is 1. The number of pyridine rings is 1. The van der Waals surface area contributed by atoms with Gasteiger partial charge in [-0.2, -0.15) is 0 Å². The Morgan fingerprint density at radius 2 is 1.90 bits per heavy atom. The highest BCUT2D eigenvalue weighted by Crippen LogP contribution is 2.29. The van der Waals surface area contributed by atoms with E-state index in [9.17, 15) is 19.1 Å². The molecule has 0 aliphatic rings. The number of halogens is 1. The number of nitrogens with zero attached hydrogens (tertiary/aromatic N) is 1. The van der Waals surface area contributed by atoms with E-state index in [1.807, 2.05) is 13.8 Å². The standard InChI is InChI=1S/C23H29FN2O5/c1-14(2)10-15(26-22(29)31-23(3,4)5)13-30-16-6-7-18(20(24)11-16)17-8-9-25-12-19(17)21(27)28/h6-9,11-12,14-15H,10,13H2,1-5H3,(H,26,29)(H,27,28). The van der Waals surface area contributed by atoms with Crippen LogP contribution in [0, 0.1) is 11.7 Å². The number of ether oxygens (including phenoxy) is 2. The number of aromatic carboxylic acids is 1. The number of aromatic nitrogens is 1. The van der Waals surface area contributed by atoms with Crippen molar-refractivity contribution >= 4 is 12.1 Å². The van der Waals surface area contributed by atoms with E-state index in [1.54, 1.807) is 26.8 Å². The Balaban J connectivity index is 2.12. The van der Waals surface area contributed by atoms with Crippen LogP contribution in [0.3, 0.4) is 0 Å². The summed E-state index contributed by atoms with van der Waals surface area (Å²) < 4.78 is 25.7. The second-order valence-electron chi connectivity index (χ2n) is 8.65. The van der Waals surface area contributed by atoms with Crippen molar-refractivity contribution in [3.05, 3.63) is 48.0 Å². The molecule has 168 valence electrons. The Morgan fingerprint density at radius 3 is 2.48 bits per heavy atom. The van der Waals surface area contributed by atoms with E-state index in [1.165, 1.54) is 30.6 Å². The van der Waals surface area contributed by atoms with Crippen LogP contribution in [-0.4, -0.2) is 40.4 Å². The number of benzene rings is 1. The van der Waals surface area contributed by atoms with Crippen molar-refractivity contribution < 1.29 is 28.6 Å². The predicted octanol–water partition coefficient (Wildman–Crippen LogP) is 4.90. The summed E-state index contributed by atoms with van der Waals surface area (Å²) in [4.78, 5) is 27.3. The first-order valence-corrected chi connectivity index (χ1v) is 10.1. The molecule has 1 aromatic carbocycles. The number of hydrogen-bond acceptors (Lipinski definition) is 5. The molecular weight excluding hydrogens is 403 g/mol. The Morgan fingerprint density at radius 1 is 1.19 bits per heavy atom. The van der Waals surface area contributed by atoms with Crippen molar-refractivity contribution in [1.82, 2.24) is 10.3 Å². The summed E-state index contributed by atoms with van der Waals surface area (Å²) in [5.74, 6) is -1.24. The maximum atomic E-state index is 14.7. The van der Waals surface area contributed by atoms with Gasteiger partial charge in [0, 0.05) is 29.6 Å². The number of carboxylic acid groups (broad SMARTS) is 1. The minimum atomic E-state index is -1.19. The molecule has 1 unspecified atom stereocenters. The molecule has 2 aromatic rings. The van der Waals surface area contributed by atoms with Crippen LogP contribution in [0.4, 0.5) is 9.18 Å². The van der Waals surface area contributed by atoms with Crippen molar-refractivity contribution in [2.75, 3.05) is 6.61 Å². The summed E-state index contributed by atoms with van der Waals surface area (Å²) in [7, 11) is 0. The van der Waals surface area contributed by atoms with E-state index in [-0.39, 0.29) is 35.1 Å². The fourth-order valence-electron chi connectivity index (χ4n) is 3.01. The highest BCUT2D eigenvalue weighted by atomic mass is 19.1. The molecule has 0 spiro atoms. The molecule has 0 fully saturated rings. The van der Waals surface area contributed by atoms with Gasteiger partial charge in [0.2, 0.25) is 0 Å². The van der Waals surface area contributed by atoms with Crippen LogP contribution in [0.2, 0.25) is 0 Å². The van der Waals surface area contributed by atoms with Gasteiger partial charge >= 0.3 is 12.1 Å². The van der Waals surface area contributed by atoms with Gasteiger partial charge in [-0.15, -0.1) is 0 Å². The summed E-state index contributed by atoms with van der Waals surface area (Å²) in [6, 6.07) is 5.35. The number of carboxylic acids is 1. The molecular formula is C23H29FN2O5. The number of carbonyl (C=O) groups excluding carboxylic acids is 1. The lowest BCUT2D eigenvalue weighted by molar-refractivity contribution is 0.0479. The van der Waals surface area contributed by atoms with E-state index in [4.69, 9.17) is 9.47 Å². The molecule has 1 aromatic heterocycles. The average Bonchev–Trinajstić information content (AvgIpc) is 2.64. The molecule has 31 heavy (non-hydrogen) atoms. The fourth-order valence-corrected chi connectivity index (χ4v) is 3.01. The molecule has 2 N–H and O–H groups in total. The SMILES string of the molecule is CC(C)CC(COc1ccc(-c2ccncc2C(=O)O)c(F)c1)NC(=O)OC(C)(C)C. The van der Waals surface area contributed by atoms with Gasteiger partial charge in [0.25, 0.3) is 0 Å². The topological polar surface area (TPSA) is 97.8 Å². The highest BCUT2D eigenvalue weighted by molar-refractivity contribution is 5.95. The van der Waals surface area contributed by atoms with Crippen LogP contribution in [0.15, 0.2) is 36.7 Å². The van der Waals surface area contributed by atoms with Gasteiger partial charge in [0.05, 0.1) is 11.6 Å². The van der Waals surface area contributed by atoms with Crippen LogP contribution in [0.5, 0.6) is 5.75 Å². The van der Waals surface area contributed by atoms with Crippen LogP contribution >= 0.6 is 0 Å². The number of hydrogen-bond donors (Lipinski definition) is 2. The minimum Gasteiger partial charge on any atom is -0.491 e. The average molecular weight is 432 g/mol. The van der Waals surface area contributed by atoms with Gasteiger partial charge < -0.3 is 19.9 Å². The summed E-state index contributed by atoms with van der Waals surface area (Å²) in [6.45, 7) is 9.52. The van der Waals surface area contributed by atoms with Crippen molar-refractivity contribution in [1.29, 1.82) is 0 Å². The van der Waals surface area contributed by atoms with E-state index >= 15 is 0 Å². The van der Waals surface area contributed by atoms with Crippen LogP contribution < -0.4 is 10.1 Å². The molecule has 1 heterocycles. The number of carbonyl (C=O) groups is 2. The van der Waals surface area contributed by atoms with Gasteiger partial charge in [0.15, 0.2) is 0 Å². The molecule has 8 heteroatoms. The summed E-state index contributed by atoms with van der Waals surface area (Å²) >= 11 is 0. The lowest BCUT2D eigenvalue weighted by Gasteiger charge is -2.24. The molecule has 0 bridgehead atoms. The van der Waals surface area contributed by atoms with Gasteiger partial charge in [-0.3, -0.25) is 4.98 Å². The Kier molecular flexibility index (Phi) is 7.96. The van der Waals surface area contributed by atoms with Gasteiger partial charge in [-0.1, -0.05) is 13.8 Å². The molecule has 1 atom stereocenters. The Labute approximate surface area is 181 Å². The third-order valence-corrected chi connectivity index (χ3v) is 4.21. The van der Waals surface area contributed by atoms with E-state index < -0.39 is 23.5 Å². The largest absolute Gasteiger partial charge is 0.491 e. The molecule has 2 rings (SSSR count). The summed E-state index contributed by atoms with van der Waals surface area (Å²) in [5, 5.41) is 12.1. The van der Waals surface area contributed by atoms with Crippen LogP contribution in [-0.2, 0) is 4.74 Å². The van der Waals surface area contributed by atoms with Gasteiger partial charge in [0.1, 0.15) is 23.8 Å². The maximum absolute atomic E-state index is 14.7. The molecule has 1 amide bonds. The van der Waals surface area contributed by atoms with E-state index in [2.05, 4.69) is 10.3 Å². The quantitative estimate of drug-likeness (QED) is 0.615. The smallest absolute Gasteiger partial charge is 0.407 e. The third kappa shape index (κ3) is 7.55. The second-order valence-corrected chi connectivity index (χ2v) is 8.65. The zero-order valence-electron chi connectivity index (χ0n) is 18.4. The Hall–Kier alpha value is -3.16. The zero-order valence-corrected chi connectivity index (χ0v) is 18.4. The Bertz CT molecular complexity index is 924. The minimum absolute atomic E-state index is 0.0892. The van der Waals surface area contributed by atoms with E-state index in [0.717, 1.165) is 0 Å². The van der Waals surface area contributed by atoms with Crippen molar-refractivity contribution in [2.24, 2.45) is 5.92 Å². The van der Waals surface area contributed by atoms with Crippen molar-refractivity contribution in [3.63, 3.8) is 0 Å². The lowest BCUT2D eigenvalue weighted by atomic mass is 10.0. The third-order valence-electron chi connectivity index (χ3n) is 4.21. The van der Waals surface area contributed by atoms with Crippen molar-refractivity contribution in [3.8, 4) is 16.9 Å². The molecule has 0 aliphatic heterocycles. The number of alkyl carbamates (subject to hydrolysis) is 1. The fraction of sp³-hybridized carbons (Fsp3) is 0.435. The first kappa shape index (κ1) is 24.1. The first-order chi connectivity index (χ1) is 14.5. The van der Waals surface area contributed by atoms with Crippen LogP contribution in [0.1, 0.15) is 51.4 Å². The van der Waals surface area contributed by atoms with Crippen molar-refractivity contribution in [2.45, 2.75) is 52.7 Å². The number of rotatable bonds is 8. The number of amides is 1. The summed E-state index contributed by atoms with van der Waals surface area (Å²) in [6.07, 6.45) is 2.70. The monoisotopic (exact) mass is 432 g/mol. The van der Waals surface area contributed by atoms with E-state index in [0.29, 0.717) is 12.3 Å². The van der Waals surface area contributed by atoms with Gasteiger partial charge in [-0.25, -0.2) is 14.0 Å². The highest BCUT2D eigenvalue weighted by Gasteiger charge is 2.21. The molecule has 7 nitrogen and oxygen atoms in total. The summed E-state index contributed by atoms with van der Waals surface area (Å²) in [5.41, 5.74) is -0.337. The van der Waals surface area contributed by atoms with Crippen LogP contribution in [0.25, 0.3) is 11.1 Å².